The number of benzene rings is 2. The lowest BCUT2D eigenvalue weighted by Gasteiger charge is -2.22. The number of rotatable bonds is 7. The highest BCUT2D eigenvalue weighted by Gasteiger charge is 2.46. The summed E-state index contributed by atoms with van der Waals surface area (Å²) >= 11 is 0. The van der Waals surface area contributed by atoms with Gasteiger partial charge in [-0.3, -0.25) is 9.59 Å². The Bertz CT molecular complexity index is 884. The van der Waals surface area contributed by atoms with Crippen molar-refractivity contribution in [1.82, 2.24) is 4.90 Å². The molecule has 4 amide bonds. The van der Waals surface area contributed by atoms with E-state index in [-0.39, 0.29) is 6.42 Å². The van der Waals surface area contributed by atoms with Crippen LogP contribution in [0.15, 0.2) is 54.6 Å². The molecular weight excluding hydrogens is 373 g/mol. The third-order valence-electron chi connectivity index (χ3n) is 4.79. The number of imide groups is 1. The predicted octanol–water partition coefficient (Wildman–Crippen LogP) is 4.04. The molecule has 1 heterocycles. The molecule has 29 heavy (non-hydrogen) atoms. The molecule has 1 N–H and O–H groups in total. The summed E-state index contributed by atoms with van der Waals surface area (Å²) in [5.41, 5.74) is 0.917. The third kappa shape index (κ3) is 4.80. The minimum absolute atomic E-state index is 0.163. The summed E-state index contributed by atoms with van der Waals surface area (Å²) in [5, 5.41) is 2.66. The van der Waals surface area contributed by atoms with Crippen LogP contribution in [0.5, 0.6) is 0 Å². The van der Waals surface area contributed by atoms with Crippen LogP contribution in [0.25, 0.3) is 0 Å². The van der Waals surface area contributed by atoms with Crippen LogP contribution in [0, 0.1) is 11.7 Å². The Morgan fingerprint density at radius 3 is 2.34 bits per heavy atom. The fraction of sp³-hybridized carbons (Fsp3) is 0.318. The Morgan fingerprint density at radius 1 is 1.07 bits per heavy atom. The number of nitrogens with one attached hydrogen (secondary N) is 1. The van der Waals surface area contributed by atoms with E-state index in [1.165, 1.54) is 29.2 Å². The first-order valence-electron chi connectivity index (χ1n) is 9.62. The average molecular weight is 397 g/mol. The second-order valence-corrected chi connectivity index (χ2v) is 7.44. The zero-order chi connectivity index (χ0) is 21.0. The largest absolute Gasteiger partial charge is 0.332 e. The molecule has 6 nitrogen and oxygen atoms in total. The van der Waals surface area contributed by atoms with Crippen LogP contribution in [0.4, 0.5) is 20.6 Å². The molecular formula is C22H24FN3O3. The number of halogens is 1. The van der Waals surface area contributed by atoms with Crippen molar-refractivity contribution in [2.75, 3.05) is 16.8 Å². The van der Waals surface area contributed by atoms with Crippen molar-refractivity contribution >= 4 is 29.2 Å². The van der Waals surface area contributed by atoms with Crippen LogP contribution in [0.3, 0.4) is 0 Å². The van der Waals surface area contributed by atoms with Crippen molar-refractivity contribution in [1.29, 1.82) is 0 Å². The zero-order valence-electron chi connectivity index (χ0n) is 16.5. The van der Waals surface area contributed by atoms with Gasteiger partial charge in [-0.05, 0) is 48.7 Å². The van der Waals surface area contributed by atoms with Crippen LogP contribution in [-0.2, 0) is 9.59 Å². The SMILES string of the molecule is CC(C)CCN1C(=O)N(c2ccccc2)C(=O)[C@H]1CC(=O)Nc1ccc(F)cc1. The van der Waals surface area contributed by atoms with Gasteiger partial charge in [-0.2, -0.15) is 0 Å². The molecule has 7 heteroatoms. The number of hydrogen-bond acceptors (Lipinski definition) is 3. The molecule has 0 bridgehead atoms. The van der Waals surface area contributed by atoms with Gasteiger partial charge < -0.3 is 10.2 Å². The summed E-state index contributed by atoms with van der Waals surface area (Å²) in [5.74, 6) is -0.887. The Labute approximate surface area is 169 Å². The molecule has 0 saturated carbocycles. The summed E-state index contributed by atoms with van der Waals surface area (Å²) in [6.45, 7) is 4.46. The van der Waals surface area contributed by atoms with Gasteiger partial charge >= 0.3 is 6.03 Å². The highest BCUT2D eigenvalue weighted by Crippen LogP contribution is 2.27. The highest BCUT2D eigenvalue weighted by atomic mass is 19.1. The Kier molecular flexibility index (Phi) is 6.26. The quantitative estimate of drug-likeness (QED) is 0.717. The normalized spacial score (nSPS) is 16.6. The van der Waals surface area contributed by atoms with E-state index in [1.54, 1.807) is 30.3 Å². The second-order valence-electron chi connectivity index (χ2n) is 7.44. The maximum absolute atomic E-state index is 13.0. The predicted molar refractivity (Wildman–Crippen MR) is 109 cm³/mol. The van der Waals surface area contributed by atoms with Crippen molar-refractivity contribution in [2.45, 2.75) is 32.7 Å². The molecule has 0 unspecified atom stereocenters. The van der Waals surface area contributed by atoms with Gasteiger partial charge in [0.2, 0.25) is 5.91 Å². The van der Waals surface area contributed by atoms with Crippen LogP contribution >= 0.6 is 0 Å². The minimum Gasteiger partial charge on any atom is -0.326 e. The van der Waals surface area contributed by atoms with Crippen molar-refractivity contribution in [3.63, 3.8) is 0 Å². The molecule has 152 valence electrons. The van der Waals surface area contributed by atoms with E-state index in [0.29, 0.717) is 23.8 Å². The number of amides is 4. The summed E-state index contributed by atoms with van der Waals surface area (Å²) in [4.78, 5) is 41.1. The van der Waals surface area contributed by atoms with Gasteiger partial charge in [0.1, 0.15) is 11.9 Å². The topological polar surface area (TPSA) is 69.7 Å². The maximum atomic E-state index is 13.0. The zero-order valence-corrected chi connectivity index (χ0v) is 16.5. The number of hydrogen-bond donors (Lipinski definition) is 1. The van der Waals surface area contributed by atoms with Gasteiger partial charge in [0, 0.05) is 12.2 Å². The van der Waals surface area contributed by atoms with Gasteiger partial charge in [0.05, 0.1) is 12.1 Å². The standard InChI is InChI=1S/C22H24FN3O3/c1-15(2)12-13-25-19(14-20(27)24-17-10-8-16(23)9-11-17)21(28)26(22(25)29)18-6-4-3-5-7-18/h3-11,15,19H,12-14H2,1-2H3,(H,24,27)/t19-/m1/s1. The van der Waals surface area contributed by atoms with Gasteiger partial charge in [0.15, 0.2) is 0 Å². The monoisotopic (exact) mass is 397 g/mol. The molecule has 0 radical (unpaired) electrons. The number of para-hydroxylation sites is 1. The van der Waals surface area contributed by atoms with E-state index in [9.17, 15) is 18.8 Å². The first kappa shape index (κ1) is 20.5. The molecule has 1 fully saturated rings. The summed E-state index contributed by atoms with van der Waals surface area (Å²) in [6.07, 6.45) is 0.557. The molecule has 2 aromatic rings. The number of anilines is 2. The lowest BCUT2D eigenvalue weighted by atomic mass is 10.1. The third-order valence-corrected chi connectivity index (χ3v) is 4.79. The maximum Gasteiger partial charge on any atom is 0.332 e. The summed E-state index contributed by atoms with van der Waals surface area (Å²) in [6, 6.07) is 12.8. The average Bonchev–Trinajstić information content (AvgIpc) is 2.92. The lowest BCUT2D eigenvalue weighted by molar-refractivity contribution is -0.124. The Morgan fingerprint density at radius 2 is 1.72 bits per heavy atom. The number of urea groups is 1. The van der Waals surface area contributed by atoms with Crippen LogP contribution in [0.1, 0.15) is 26.7 Å². The smallest absolute Gasteiger partial charge is 0.326 e. The molecule has 0 spiro atoms. The summed E-state index contributed by atoms with van der Waals surface area (Å²) in [7, 11) is 0. The van der Waals surface area contributed by atoms with Crippen LogP contribution in [-0.4, -0.2) is 35.3 Å². The molecule has 3 rings (SSSR count). The molecule has 1 saturated heterocycles. The molecule has 1 aliphatic rings. The first-order valence-corrected chi connectivity index (χ1v) is 9.62. The summed E-state index contributed by atoms with van der Waals surface area (Å²) < 4.78 is 13.0. The van der Waals surface area contributed by atoms with Crippen molar-refractivity contribution < 1.29 is 18.8 Å². The number of carbonyl (C=O) groups excluding carboxylic acids is 3. The number of carbonyl (C=O) groups is 3. The lowest BCUT2D eigenvalue weighted by Crippen LogP contribution is -2.39. The molecule has 0 aliphatic carbocycles. The van der Waals surface area contributed by atoms with Gasteiger partial charge in [-0.1, -0.05) is 32.0 Å². The highest BCUT2D eigenvalue weighted by molar-refractivity contribution is 6.22. The number of nitrogens with zero attached hydrogens (tertiary/aromatic N) is 2. The van der Waals surface area contributed by atoms with Crippen molar-refractivity contribution in [2.24, 2.45) is 5.92 Å². The van der Waals surface area contributed by atoms with E-state index >= 15 is 0 Å². The van der Waals surface area contributed by atoms with E-state index in [4.69, 9.17) is 0 Å². The van der Waals surface area contributed by atoms with E-state index < -0.39 is 29.7 Å². The van der Waals surface area contributed by atoms with Crippen molar-refractivity contribution in [3.8, 4) is 0 Å². The van der Waals surface area contributed by atoms with Gasteiger partial charge in [-0.25, -0.2) is 14.1 Å². The van der Waals surface area contributed by atoms with Crippen LogP contribution < -0.4 is 10.2 Å². The Hall–Kier alpha value is -3.22. The van der Waals surface area contributed by atoms with Gasteiger partial charge in [0.25, 0.3) is 5.91 Å². The molecule has 2 aromatic carbocycles. The van der Waals surface area contributed by atoms with E-state index in [0.717, 1.165) is 11.3 Å². The van der Waals surface area contributed by atoms with Crippen LogP contribution in [0.2, 0.25) is 0 Å². The molecule has 1 aliphatic heterocycles. The second kappa shape index (κ2) is 8.86. The fourth-order valence-corrected chi connectivity index (χ4v) is 3.22. The fourth-order valence-electron chi connectivity index (χ4n) is 3.22. The van der Waals surface area contributed by atoms with E-state index in [1.807, 2.05) is 13.8 Å². The van der Waals surface area contributed by atoms with Crippen molar-refractivity contribution in [3.05, 3.63) is 60.4 Å². The Balaban J connectivity index is 1.79. The van der Waals surface area contributed by atoms with E-state index in [2.05, 4.69) is 5.32 Å². The molecule has 1 atom stereocenters. The first-order chi connectivity index (χ1) is 13.9. The molecule has 0 aromatic heterocycles. The van der Waals surface area contributed by atoms with Gasteiger partial charge in [-0.15, -0.1) is 0 Å². The minimum atomic E-state index is -0.873.